The lowest BCUT2D eigenvalue weighted by Gasteiger charge is -2.41. The van der Waals surface area contributed by atoms with E-state index < -0.39 is 59.7 Å². The first kappa shape index (κ1) is 44.6. The highest BCUT2D eigenvalue weighted by Gasteiger charge is 2.43. The summed E-state index contributed by atoms with van der Waals surface area (Å²) in [4.78, 5) is 72.2. The van der Waals surface area contributed by atoms with Crippen molar-refractivity contribution in [2.24, 2.45) is 17.8 Å². The fourth-order valence-electron chi connectivity index (χ4n) is 6.91. The van der Waals surface area contributed by atoms with Crippen LogP contribution < -0.4 is 10.6 Å². The number of hydrogen-bond donors (Lipinski definition) is 3. The molecule has 52 heavy (non-hydrogen) atoms. The van der Waals surface area contributed by atoms with E-state index in [1.54, 1.807) is 42.5 Å². The number of ether oxygens (including phenoxy) is 2. The number of likely N-dealkylation sites (tertiary alicyclic amines) is 1. The second-order valence-corrected chi connectivity index (χ2v) is 15.3. The monoisotopic (exact) mass is 731 g/mol. The molecular weight excluding hydrogens is 666 g/mol. The van der Waals surface area contributed by atoms with Crippen LogP contribution in [0.25, 0.3) is 0 Å². The predicted octanol–water partition coefficient (Wildman–Crippen LogP) is 3.20. The van der Waals surface area contributed by atoms with Gasteiger partial charge in [-0.15, -0.1) is 0 Å². The molecule has 2 rings (SSSR count). The summed E-state index contributed by atoms with van der Waals surface area (Å²) in [7, 11) is 8.36. The van der Waals surface area contributed by atoms with Crippen LogP contribution in [0.4, 0.5) is 0 Å². The Kier molecular flexibility index (Phi) is 17.2. The molecule has 13 heteroatoms. The average Bonchev–Trinajstić information content (AvgIpc) is 3.59. The Labute approximate surface area is 311 Å². The Hall–Kier alpha value is -3.55. The van der Waals surface area contributed by atoms with E-state index in [0.29, 0.717) is 19.4 Å². The number of carbonyl (C=O) groups excluding carboxylic acids is 4. The summed E-state index contributed by atoms with van der Waals surface area (Å²) >= 11 is 0. The summed E-state index contributed by atoms with van der Waals surface area (Å²) in [6.45, 7) is 13.6. The van der Waals surface area contributed by atoms with E-state index in [0.717, 1.165) is 12.0 Å². The zero-order valence-electron chi connectivity index (χ0n) is 33.5. The molecule has 1 aliphatic heterocycles. The average molecular weight is 732 g/mol. The summed E-state index contributed by atoms with van der Waals surface area (Å²) in [5, 5.41) is 15.5. The lowest BCUT2D eigenvalue weighted by molar-refractivity contribution is -0.148. The van der Waals surface area contributed by atoms with Crippen molar-refractivity contribution in [1.82, 2.24) is 25.3 Å². The number of hydrogen-bond acceptors (Lipinski definition) is 8. The fourth-order valence-corrected chi connectivity index (χ4v) is 6.91. The molecular formula is C39H65N5O8. The maximum Gasteiger partial charge on any atom is 0.326 e. The molecule has 0 radical (unpaired) electrons. The van der Waals surface area contributed by atoms with Gasteiger partial charge in [-0.2, -0.15) is 0 Å². The Morgan fingerprint density at radius 2 is 1.60 bits per heavy atom. The molecule has 0 aromatic heterocycles. The van der Waals surface area contributed by atoms with Gasteiger partial charge in [-0.3, -0.25) is 24.1 Å². The van der Waals surface area contributed by atoms with Gasteiger partial charge < -0.3 is 35.0 Å². The molecule has 1 aromatic carbocycles. The summed E-state index contributed by atoms with van der Waals surface area (Å²) in [6, 6.07) is 6.28. The normalized spacial score (nSPS) is 19.0. The molecule has 13 nitrogen and oxygen atoms in total. The van der Waals surface area contributed by atoms with Crippen molar-refractivity contribution < 1.29 is 38.6 Å². The van der Waals surface area contributed by atoms with Crippen LogP contribution in [0.1, 0.15) is 79.7 Å². The fraction of sp³-hybridized carbons (Fsp3) is 0.718. The quantitative estimate of drug-likeness (QED) is 0.183. The maximum absolute atomic E-state index is 14.1. The molecule has 1 heterocycles. The van der Waals surface area contributed by atoms with E-state index in [1.165, 1.54) is 14.2 Å². The number of benzene rings is 1. The Morgan fingerprint density at radius 1 is 0.981 bits per heavy atom. The van der Waals surface area contributed by atoms with Crippen molar-refractivity contribution in [2.75, 3.05) is 41.9 Å². The number of carboxylic acid groups (broad SMARTS) is 1. The maximum atomic E-state index is 14.1. The number of carbonyl (C=O) groups is 5. The minimum absolute atomic E-state index is 0.0127. The molecule has 0 spiro atoms. The lowest BCUT2D eigenvalue weighted by atomic mass is 9.89. The minimum atomic E-state index is -1.14. The highest BCUT2D eigenvalue weighted by Crippen LogP contribution is 2.30. The first-order valence-corrected chi connectivity index (χ1v) is 18.5. The van der Waals surface area contributed by atoms with Crippen LogP contribution in [0, 0.1) is 17.8 Å². The smallest absolute Gasteiger partial charge is 0.326 e. The number of aliphatic carboxylic acids is 1. The molecule has 1 aromatic rings. The van der Waals surface area contributed by atoms with Gasteiger partial charge in [-0.1, -0.05) is 71.4 Å². The molecule has 1 aliphatic rings. The lowest BCUT2D eigenvalue weighted by Crippen LogP contribution is -2.61. The Balaban J connectivity index is 2.27. The highest BCUT2D eigenvalue weighted by atomic mass is 16.5. The van der Waals surface area contributed by atoms with E-state index in [1.807, 2.05) is 72.1 Å². The van der Waals surface area contributed by atoms with Gasteiger partial charge in [-0.25, -0.2) is 4.79 Å². The molecule has 3 N–H and O–H groups in total. The number of nitrogens with one attached hydrogen (secondary N) is 2. The minimum Gasteiger partial charge on any atom is -0.480 e. The van der Waals surface area contributed by atoms with Crippen molar-refractivity contribution in [3.63, 3.8) is 0 Å². The van der Waals surface area contributed by atoms with E-state index in [9.17, 15) is 29.1 Å². The summed E-state index contributed by atoms with van der Waals surface area (Å²) in [5.74, 6) is -3.32. The SMILES string of the molecule is CCC(C)C(C(CC(=O)N1CCCC1C(OC)C(C)C(=O)NC(Cc1ccccc1)C(=O)O)OC)N(C)C(=O)C(NC(=O)C(C)(C)N(C)C)C(C)C. The molecule has 1 fully saturated rings. The third-order valence-corrected chi connectivity index (χ3v) is 11.0. The third kappa shape index (κ3) is 11.2. The molecule has 8 unspecified atom stereocenters. The number of nitrogens with zero attached hydrogens (tertiary/aromatic N) is 3. The van der Waals surface area contributed by atoms with Gasteiger partial charge in [-0.05, 0) is 58.2 Å². The number of rotatable bonds is 20. The third-order valence-electron chi connectivity index (χ3n) is 11.0. The second-order valence-electron chi connectivity index (χ2n) is 15.3. The van der Waals surface area contributed by atoms with Crippen LogP contribution in [0.5, 0.6) is 0 Å². The topological polar surface area (TPSA) is 158 Å². The van der Waals surface area contributed by atoms with Crippen LogP contribution in [-0.4, -0.2) is 133 Å². The van der Waals surface area contributed by atoms with Crippen molar-refractivity contribution >= 4 is 29.6 Å². The standard InChI is InChI=1S/C39H65N5O8/c1-13-25(4)33(43(10)36(47)32(24(2)3)41-38(50)39(6,7)42(8)9)30(51-11)23-31(45)44-21-17-20-29(44)34(52-12)26(5)35(46)40-28(37(48)49)22-27-18-15-14-16-19-27/h14-16,18-19,24-26,28-30,32-34H,13,17,20-23H2,1-12H3,(H,40,46)(H,41,50)(H,48,49). The van der Waals surface area contributed by atoms with Crippen LogP contribution in [-0.2, 0) is 39.9 Å². The van der Waals surface area contributed by atoms with Crippen LogP contribution in [0.15, 0.2) is 30.3 Å². The van der Waals surface area contributed by atoms with E-state index in [-0.39, 0.29) is 42.4 Å². The summed E-state index contributed by atoms with van der Waals surface area (Å²) in [5.41, 5.74) is -0.0546. The van der Waals surface area contributed by atoms with Crippen molar-refractivity contribution in [2.45, 2.75) is 122 Å². The predicted molar refractivity (Wildman–Crippen MR) is 200 cm³/mol. The summed E-state index contributed by atoms with van der Waals surface area (Å²) in [6.07, 6.45) is 0.811. The summed E-state index contributed by atoms with van der Waals surface area (Å²) < 4.78 is 11.8. The van der Waals surface area contributed by atoms with Gasteiger partial charge in [0.05, 0.1) is 42.2 Å². The van der Waals surface area contributed by atoms with Gasteiger partial charge in [0.1, 0.15) is 12.1 Å². The van der Waals surface area contributed by atoms with Gasteiger partial charge in [0.25, 0.3) is 0 Å². The molecule has 0 bridgehead atoms. The first-order chi connectivity index (χ1) is 24.3. The van der Waals surface area contributed by atoms with Gasteiger partial charge in [0.15, 0.2) is 0 Å². The number of amides is 4. The molecule has 1 saturated heterocycles. The van der Waals surface area contributed by atoms with Crippen LogP contribution in [0.3, 0.4) is 0 Å². The van der Waals surface area contributed by atoms with E-state index >= 15 is 0 Å². The van der Waals surface area contributed by atoms with Crippen molar-refractivity contribution in [3.8, 4) is 0 Å². The van der Waals surface area contributed by atoms with Crippen LogP contribution >= 0.6 is 0 Å². The first-order valence-electron chi connectivity index (χ1n) is 18.5. The number of carboxylic acids is 1. The molecule has 8 atom stereocenters. The van der Waals surface area contributed by atoms with Gasteiger partial charge in [0, 0.05) is 34.2 Å². The highest BCUT2D eigenvalue weighted by molar-refractivity contribution is 5.92. The Bertz CT molecular complexity index is 1340. The Morgan fingerprint density at radius 3 is 2.10 bits per heavy atom. The molecule has 0 aliphatic carbocycles. The van der Waals surface area contributed by atoms with Crippen molar-refractivity contribution in [3.05, 3.63) is 35.9 Å². The van der Waals surface area contributed by atoms with Crippen LogP contribution in [0.2, 0.25) is 0 Å². The van der Waals surface area contributed by atoms with E-state index in [4.69, 9.17) is 9.47 Å². The van der Waals surface area contributed by atoms with Gasteiger partial charge in [0.2, 0.25) is 23.6 Å². The second kappa shape index (κ2) is 20.1. The van der Waals surface area contributed by atoms with E-state index in [2.05, 4.69) is 10.6 Å². The zero-order valence-corrected chi connectivity index (χ0v) is 33.5. The molecule has 0 saturated carbocycles. The number of likely N-dealkylation sites (N-methyl/N-ethyl adjacent to an activating group) is 2. The zero-order chi connectivity index (χ0) is 39.5. The molecule has 294 valence electrons. The number of methoxy groups -OCH3 is 2. The van der Waals surface area contributed by atoms with Crippen molar-refractivity contribution in [1.29, 1.82) is 0 Å². The molecule has 4 amide bonds. The van der Waals surface area contributed by atoms with Gasteiger partial charge >= 0.3 is 5.97 Å². The largest absolute Gasteiger partial charge is 0.480 e.